The highest BCUT2D eigenvalue weighted by atomic mass is 16.5. The Balaban J connectivity index is 1.98. The first kappa shape index (κ1) is 21.6. The molecule has 0 aliphatic carbocycles. The van der Waals surface area contributed by atoms with Crippen molar-refractivity contribution in [1.82, 2.24) is 0 Å². The summed E-state index contributed by atoms with van der Waals surface area (Å²) in [5.74, 6) is -0.438. The number of ether oxygens (including phenoxy) is 1. The Kier molecular flexibility index (Phi) is 6.97. The van der Waals surface area contributed by atoms with Gasteiger partial charge in [-0.3, -0.25) is 4.79 Å². The van der Waals surface area contributed by atoms with Crippen molar-refractivity contribution in [2.75, 3.05) is 26.0 Å². The molecule has 2 aromatic rings. The van der Waals surface area contributed by atoms with E-state index in [0.29, 0.717) is 0 Å². The third kappa shape index (κ3) is 5.67. The van der Waals surface area contributed by atoms with Gasteiger partial charge in [0.2, 0.25) is 0 Å². The molecular formula is C23H31N2O3+. The Labute approximate surface area is 167 Å². The van der Waals surface area contributed by atoms with Crippen LogP contribution in [0.25, 0.3) is 0 Å². The first-order valence-electron chi connectivity index (χ1n) is 9.51. The van der Waals surface area contributed by atoms with Gasteiger partial charge in [0.25, 0.3) is 5.91 Å². The van der Waals surface area contributed by atoms with Crippen LogP contribution in [0.15, 0.2) is 42.5 Å². The highest BCUT2D eigenvalue weighted by Gasteiger charge is 2.33. The maximum absolute atomic E-state index is 12.8. The van der Waals surface area contributed by atoms with Crippen molar-refractivity contribution in [2.45, 2.75) is 40.3 Å². The number of quaternary nitrogens is 1. The number of nitrogens with zero attached hydrogens (tertiary/aromatic N) is 1. The molecule has 2 aromatic carbocycles. The Bertz CT molecular complexity index is 821. The molecule has 5 heteroatoms. The van der Waals surface area contributed by atoms with Crippen molar-refractivity contribution >= 4 is 17.6 Å². The van der Waals surface area contributed by atoms with Crippen LogP contribution in [0.4, 0.5) is 5.69 Å². The van der Waals surface area contributed by atoms with E-state index < -0.39 is 6.04 Å². The van der Waals surface area contributed by atoms with Gasteiger partial charge in [-0.05, 0) is 44.4 Å². The fourth-order valence-corrected chi connectivity index (χ4v) is 3.18. The number of anilines is 1. The molecule has 0 fully saturated rings. The van der Waals surface area contributed by atoms with Crippen molar-refractivity contribution in [3.8, 4) is 0 Å². The number of amides is 1. The maximum Gasteiger partial charge on any atom is 0.362 e. The van der Waals surface area contributed by atoms with Crippen LogP contribution in [0, 0.1) is 20.8 Å². The van der Waals surface area contributed by atoms with Gasteiger partial charge in [0.15, 0.2) is 12.6 Å². The average molecular weight is 384 g/mol. The van der Waals surface area contributed by atoms with E-state index in [1.165, 1.54) is 5.56 Å². The summed E-state index contributed by atoms with van der Waals surface area (Å²) in [6.45, 7) is 8.20. The predicted molar refractivity (Wildman–Crippen MR) is 112 cm³/mol. The number of hydrogen-bond acceptors (Lipinski definition) is 3. The van der Waals surface area contributed by atoms with Gasteiger partial charge in [-0.1, -0.05) is 48.0 Å². The lowest BCUT2D eigenvalue weighted by Gasteiger charge is -2.34. The number of benzene rings is 2. The van der Waals surface area contributed by atoms with Gasteiger partial charge in [-0.2, -0.15) is 0 Å². The largest absolute Gasteiger partial charge is 0.457 e. The van der Waals surface area contributed by atoms with Crippen molar-refractivity contribution < 1.29 is 18.8 Å². The van der Waals surface area contributed by atoms with Crippen LogP contribution in [0.2, 0.25) is 0 Å². The Morgan fingerprint density at radius 1 is 1.04 bits per heavy atom. The molecule has 0 aliphatic heterocycles. The molecule has 0 bridgehead atoms. The lowest BCUT2D eigenvalue weighted by Crippen LogP contribution is -2.55. The molecule has 0 aliphatic rings. The highest BCUT2D eigenvalue weighted by molar-refractivity contribution is 5.95. The average Bonchev–Trinajstić information content (AvgIpc) is 2.62. The molecule has 0 radical (unpaired) electrons. The van der Waals surface area contributed by atoms with Crippen LogP contribution >= 0.6 is 0 Å². The second-order valence-corrected chi connectivity index (χ2v) is 8.02. The molecule has 0 aromatic heterocycles. The van der Waals surface area contributed by atoms with E-state index in [1.807, 2.05) is 84.3 Å². The van der Waals surface area contributed by atoms with E-state index >= 15 is 0 Å². The van der Waals surface area contributed by atoms with Gasteiger partial charge in [0, 0.05) is 5.69 Å². The standard InChI is InChI=1S/C23H30N2O3/c1-16-12-17(2)22(18(3)13-16)24-23(27)19(4)25(5,6)14-21(26)28-15-20-10-8-7-9-11-20/h7-13,19H,14-15H2,1-6H3/p+1. The zero-order chi connectivity index (χ0) is 20.9. The third-order valence-electron chi connectivity index (χ3n) is 5.13. The smallest absolute Gasteiger partial charge is 0.362 e. The van der Waals surface area contributed by atoms with E-state index in [1.54, 1.807) is 0 Å². The van der Waals surface area contributed by atoms with E-state index in [2.05, 4.69) is 5.32 Å². The molecular weight excluding hydrogens is 352 g/mol. The summed E-state index contributed by atoms with van der Waals surface area (Å²) < 4.78 is 5.59. The van der Waals surface area contributed by atoms with E-state index in [9.17, 15) is 9.59 Å². The van der Waals surface area contributed by atoms with Crippen LogP contribution in [0.5, 0.6) is 0 Å². The van der Waals surface area contributed by atoms with Gasteiger partial charge >= 0.3 is 5.97 Å². The molecule has 28 heavy (non-hydrogen) atoms. The van der Waals surface area contributed by atoms with Crippen LogP contribution in [-0.4, -0.2) is 43.0 Å². The third-order valence-corrected chi connectivity index (χ3v) is 5.13. The summed E-state index contributed by atoms with van der Waals surface area (Å²) in [5.41, 5.74) is 5.01. The summed E-state index contributed by atoms with van der Waals surface area (Å²) in [4.78, 5) is 25.1. The highest BCUT2D eigenvalue weighted by Crippen LogP contribution is 2.23. The Morgan fingerprint density at radius 2 is 1.61 bits per heavy atom. The second-order valence-electron chi connectivity index (χ2n) is 8.02. The minimum atomic E-state index is -0.413. The Morgan fingerprint density at radius 3 is 2.18 bits per heavy atom. The summed E-state index contributed by atoms with van der Waals surface area (Å²) in [7, 11) is 3.73. The van der Waals surface area contributed by atoms with Gasteiger partial charge < -0.3 is 14.5 Å². The van der Waals surface area contributed by atoms with Gasteiger partial charge in [0.05, 0.1) is 14.1 Å². The number of hydrogen-bond donors (Lipinski definition) is 1. The molecule has 1 N–H and O–H groups in total. The molecule has 1 atom stereocenters. The van der Waals surface area contributed by atoms with E-state index in [-0.39, 0.29) is 29.5 Å². The van der Waals surface area contributed by atoms with E-state index in [0.717, 1.165) is 22.4 Å². The topological polar surface area (TPSA) is 55.4 Å². The maximum atomic E-state index is 12.8. The first-order chi connectivity index (χ1) is 13.1. The number of carbonyl (C=O) groups excluding carboxylic acids is 2. The number of nitrogens with one attached hydrogen (secondary N) is 1. The number of rotatable bonds is 7. The molecule has 2 rings (SSSR count). The number of esters is 1. The molecule has 1 unspecified atom stereocenters. The minimum Gasteiger partial charge on any atom is -0.457 e. The predicted octanol–water partition coefficient (Wildman–Crippen LogP) is 3.76. The van der Waals surface area contributed by atoms with Crippen LogP contribution in [-0.2, 0) is 20.9 Å². The number of aryl methyl sites for hydroxylation is 3. The number of carbonyl (C=O) groups is 2. The normalized spacial score (nSPS) is 12.4. The summed E-state index contributed by atoms with van der Waals surface area (Å²) in [6, 6.07) is 13.2. The zero-order valence-corrected chi connectivity index (χ0v) is 17.7. The molecule has 5 nitrogen and oxygen atoms in total. The fourth-order valence-electron chi connectivity index (χ4n) is 3.18. The van der Waals surface area contributed by atoms with Gasteiger partial charge in [0.1, 0.15) is 6.61 Å². The van der Waals surface area contributed by atoms with Crippen molar-refractivity contribution in [2.24, 2.45) is 0 Å². The lowest BCUT2D eigenvalue weighted by atomic mass is 10.0. The van der Waals surface area contributed by atoms with Gasteiger partial charge in [-0.25, -0.2) is 4.79 Å². The summed E-state index contributed by atoms with van der Waals surface area (Å²) in [6.07, 6.45) is 0. The zero-order valence-electron chi connectivity index (χ0n) is 17.7. The van der Waals surface area contributed by atoms with Crippen molar-refractivity contribution in [3.05, 3.63) is 64.7 Å². The monoisotopic (exact) mass is 383 g/mol. The first-order valence-corrected chi connectivity index (χ1v) is 9.51. The molecule has 1 amide bonds. The van der Waals surface area contributed by atoms with Crippen molar-refractivity contribution in [3.63, 3.8) is 0 Å². The lowest BCUT2D eigenvalue weighted by molar-refractivity contribution is -0.896. The van der Waals surface area contributed by atoms with Crippen molar-refractivity contribution in [1.29, 1.82) is 0 Å². The minimum absolute atomic E-state index is 0.115. The van der Waals surface area contributed by atoms with Gasteiger partial charge in [-0.15, -0.1) is 0 Å². The van der Waals surface area contributed by atoms with Crippen LogP contribution in [0.3, 0.4) is 0 Å². The summed E-state index contributed by atoms with van der Waals surface area (Å²) >= 11 is 0. The molecule has 0 saturated carbocycles. The van der Waals surface area contributed by atoms with Crippen LogP contribution < -0.4 is 5.32 Å². The van der Waals surface area contributed by atoms with Crippen LogP contribution in [0.1, 0.15) is 29.2 Å². The molecule has 0 heterocycles. The quantitative estimate of drug-likeness (QED) is 0.585. The molecule has 150 valence electrons. The summed E-state index contributed by atoms with van der Waals surface area (Å²) in [5, 5.41) is 3.04. The fraction of sp³-hybridized carbons (Fsp3) is 0.391. The number of likely N-dealkylation sites (N-methyl/N-ethyl adjacent to an activating group) is 1. The molecule has 0 saturated heterocycles. The second kappa shape index (κ2) is 9.02. The Hall–Kier alpha value is -2.66. The SMILES string of the molecule is Cc1cc(C)c(NC(=O)C(C)[N+](C)(C)CC(=O)OCc2ccccc2)c(C)c1. The molecule has 0 spiro atoms. The van der Waals surface area contributed by atoms with E-state index in [4.69, 9.17) is 4.74 Å².